The van der Waals surface area contributed by atoms with E-state index in [1.165, 1.54) is 30.7 Å². The molecule has 1 aromatic heterocycles. The first kappa shape index (κ1) is 12.2. The molecule has 0 bridgehead atoms. The van der Waals surface area contributed by atoms with Crippen LogP contribution in [0.15, 0.2) is 0 Å². The molecular weight excluding hydrogens is 244 g/mol. The molecule has 16 heavy (non-hydrogen) atoms. The fraction of sp³-hybridized carbons (Fsp3) is 0.800. The number of hydrogen-bond donors (Lipinski definition) is 0. The molecule has 2 rings (SSSR count). The molecule has 1 saturated heterocycles. The Bertz CT molecular complexity index is 343. The fourth-order valence-corrected chi connectivity index (χ4v) is 3.07. The van der Waals surface area contributed by atoms with Gasteiger partial charge in [0.05, 0.1) is 6.54 Å². The third-order valence-electron chi connectivity index (χ3n) is 3.05. The third-order valence-corrected chi connectivity index (χ3v) is 4.05. The first-order chi connectivity index (χ1) is 7.65. The lowest BCUT2D eigenvalue weighted by Crippen LogP contribution is -2.44. The van der Waals surface area contributed by atoms with Crippen LogP contribution in [0.4, 0.5) is 0 Å². The van der Waals surface area contributed by atoms with Gasteiger partial charge < -0.3 is 4.90 Å². The summed E-state index contributed by atoms with van der Waals surface area (Å²) in [7, 11) is 4.33. The van der Waals surface area contributed by atoms with E-state index < -0.39 is 0 Å². The first-order valence-corrected chi connectivity index (χ1v) is 6.71. The van der Waals surface area contributed by atoms with Gasteiger partial charge in [0.1, 0.15) is 5.01 Å². The molecule has 6 heteroatoms. The third kappa shape index (κ3) is 3.13. The van der Waals surface area contributed by atoms with Crippen molar-refractivity contribution >= 4 is 22.9 Å². The van der Waals surface area contributed by atoms with E-state index in [4.69, 9.17) is 11.6 Å². The van der Waals surface area contributed by atoms with Gasteiger partial charge in [0.25, 0.3) is 0 Å². The van der Waals surface area contributed by atoms with Crippen molar-refractivity contribution in [2.24, 2.45) is 0 Å². The van der Waals surface area contributed by atoms with Gasteiger partial charge in [0.2, 0.25) is 4.47 Å². The van der Waals surface area contributed by atoms with Gasteiger partial charge in [0, 0.05) is 12.6 Å². The second kappa shape index (κ2) is 5.40. The molecule has 0 radical (unpaired) electrons. The highest BCUT2D eigenvalue weighted by Gasteiger charge is 2.21. The molecule has 1 atom stereocenters. The van der Waals surface area contributed by atoms with E-state index in [2.05, 4.69) is 34.1 Å². The summed E-state index contributed by atoms with van der Waals surface area (Å²) in [4.78, 5) is 4.74. The van der Waals surface area contributed by atoms with Crippen LogP contribution >= 0.6 is 22.9 Å². The number of hydrogen-bond acceptors (Lipinski definition) is 5. The van der Waals surface area contributed by atoms with Crippen LogP contribution in [-0.4, -0.2) is 53.2 Å². The molecule has 1 unspecified atom stereocenters. The number of piperidine rings is 1. The number of rotatable bonds is 3. The fourth-order valence-electron chi connectivity index (χ4n) is 2.14. The lowest BCUT2D eigenvalue weighted by Gasteiger charge is -2.35. The lowest BCUT2D eigenvalue weighted by atomic mass is 10.1. The van der Waals surface area contributed by atoms with E-state index in [-0.39, 0.29) is 0 Å². The molecule has 0 aliphatic carbocycles. The number of aromatic nitrogens is 2. The van der Waals surface area contributed by atoms with E-state index in [0.29, 0.717) is 10.5 Å². The summed E-state index contributed by atoms with van der Waals surface area (Å²) in [6.45, 7) is 3.21. The molecule has 0 saturated carbocycles. The molecule has 0 spiro atoms. The highest BCUT2D eigenvalue weighted by Crippen LogP contribution is 2.19. The molecule has 0 amide bonds. The Labute approximate surface area is 105 Å². The molecule has 1 aliphatic heterocycles. The summed E-state index contributed by atoms with van der Waals surface area (Å²) in [6.07, 6.45) is 2.55. The van der Waals surface area contributed by atoms with Gasteiger partial charge >= 0.3 is 0 Å². The number of nitrogens with zero attached hydrogens (tertiary/aromatic N) is 4. The molecule has 1 fully saturated rings. The van der Waals surface area contributed by atoms with Crippen molar-refractivity contribution in [1.82, 2.24) is 20.0 Å². The van der Waals surface area contributed by atoms with Crippen LogP contribution in [0.3, 0.4) is 0 Å². The van der Waals surface area contributed by atoms with Gasteiger partial charge in [-0.2, -0.15) is 0 Å². The summed E-state index contributed by atoms with van der Waals surface area (Å²) in [5, 5.41) is 8.88. The minimum Gasteiger partial charge on any atom is -0.305 e. The van der Waals surface area contributed by atoms with Gasteiger partial charge in [-0.25, -0.2) is 0 Å². The number of likely N-dealkylation sites (N-methyl/N-ethyl adjacent to an activating group) is 2. The van der Waals surface area contributed by atoms with Crippen molar-refractivity contribution in [3.8, 4) is 0 Å². The zero-order chi connectivity index (χ0) is 11.5. The molecule has 2 heterocycles. The molecule has 0 N–H and O–H groups in total. The van der Waals surface area contributed by atoms with Crippen LogP contribution in [0, 0.1) is 0 Å². The maximum Gasteiger partial charge on any atom is 0.207 e. The van der Waals surface area contributed by atoms with E-state index in [0.717, 1.165) is 18.1 Å². The lowest BCUT2D eigenvalue weighted by molar-refractivity contribution is 0.129. The van der Waals surface area contributed by atoms with E-state index in [1.807, 2.05) is 0 Å². The van der Waals surface area contributed by atoms with Crippen LogP contribution in [0.2, 0.25) is 4.47 Å². The highest BCUT2D eigenvalue weighted by atomic mass is 35.5. The van der Waals surface area contributed by atoms with Crippen LogP contribution in [0.1, 0.15) is 17.8 Å². The van der Waals surface area contributed by atoms with Crippen LogP contribution < -0.4 is 0 Å². The van der Waals surface area contributed by atoms with Gasteiger partial charge in [-0.3, -0.25) is 4.90 Å². The van der Waals surface area contributed by atoms with Crippen molar-refractivity contribution in [3.05, 3.63) is 9.47 Å². The Hall–Kier alpha value is -0.230. The maximum absolute atomic E-state index is 5.77. The summed E-state index contributed by atoms with van der Waals surface area (Å²) in [5.41, 5.74) is 0. The van der Waals surface area contributed by atoms with Crippen molar-refractivity contribution < 1.29 is 0 Å². The zero-order valence-electron chi connectivity index (χ0n) is 9.69. The topological polar surface area (TPSA) is 32.3 Å². The van der Waals surface area contributed by atoms with Gasteiger partial charge in [-0.05, 0) is 45.1 Å². The predicted octanol–water partition coefficient (Wildman–Crippen LogP) is 1.72. The van der Waals surface area contributed by atoms with E-state index in [9.17, 15) is 0 Å². The molecule has 1 aromatic rings. The Morgan fingerprint density at radius 2 is 2.38 bits per heavy atom. The van der Waals surface area contributed by atoms with Gasteiger partial charge in [0.15, 0.2) is 0 Å². The average molecular weight is 261 g/mol. The summed E-state index contributed by atoms with van der Waals surface area (Å²) < 4.78 is 0.532. The SMILES string of the molecule is CN1CCCC(N(C)Cc2nnc(Cl)s2)C1. The summed E-state index contributed by atoms with van der Waals surface area (Å²) in [5.74, 6) is 0. The largest absolute Gasteiger partial charge is 0.305 e. The standard InChI is InChI=1S/C10H17ClN4S/c1-14-5-3-4-8(6-14)15(2)7-9-12-13-10(11)16-9/h8H,3-7H2,1-2H3. The molecule has 1 aliphatic rings. The van der Waals surface area contributed by atoms with E-state index in [1.54, 1.807) is 0 Å². The maximum atomic E-state index is 5.77. The van der Waals surface area contributed by atoms with Crippen molar-refractivity contribution in [2.75, 3.05) is 27.2 Å². The second-order valence-corrected chi connectivity index (χ2v) is 6.07. The molecule has 0 aromatic carbocycles. The first-order valence-electron chi connectivity index (χ1n) is 5.52. The Kier molecular flexibility index (Phi) is 4.13. The minimum atomic E-state index is 0.532. The normalized spacial score (nSPS) is 22.9. The van der Waals surface area contributed by atoms with Gasteiger partial charge in [-0.1, -0.05) is 11.3 Å². The zero-order valence-corrected chi connectivity index (χ0v) is 11.3. The quantitative estimate of drug-likeness (QED) is 0.829. The monoisotopic (exact) mass is 260 g/mol. The molecular formula is C10H17ClN4S. The minimum absolute atomic E-state index is 0.532. The highest BCUT2D eigenvalue weighted by molar-refractivity contribution is 7.15. The van der Waals surface area contributed by atoms with Gasteiger partial charge in [-0.15, -0.1) is 10.2 Å². The molecule has 90 valence electrons. The Morgan fingerprint density at radius 1 is 1.56 bits per heavy atom. The smallest absolute Gasteiger partial charge is 0.207 e. The van der Waals surface area contributed by atoms with Crippen LogP contribution in [0.25, 0.3) is 0 Å². The summed E-state index contributed by atoms with van der Waals surface area (Å²) >= 11 is 7.24. The van der Waals surface area contributed by atoms with Crippen molar-refractivity contribution in [2.45, 2.75) is 25.4 Å². The Morgan fingerprint density at radius 3 is 3.00 bits per heavy atom. The average Bonchev–Trinajstić information content (AvgIpc) is 2.64. The van der Waals surface area contributed by atoms with Crippen LogP contribution in [-0.2, 0) is 6.54 Å². The number of halogens is 1. The summed E-state index contributed by atoms with van der Waals surface area (Å²) in [6, 6.07) is 0.626. The Balaban J connectivity index is 1.89. The van der Waals surface area contributed by atoms with E-state index >= 15 is 0 Å². The molecule has 4 nitrogen and oxygen atoms in total. The van der Waals surface area contributed by atoms with Crippen molar-refractivity contribution in [3.63, 3.8) is 0 Å². The number of likely N-dealkylation sites (tertiary alicyclic amines) is 1. The van der Waals surface area contributed by atoms with Crippen LogP contribution in [0.5, 0.6) is 0 Å². The predicted molar refractivity (Wildman–Crippen MR) is 66.9 cm³/mol. The van der Waals surface area contributed by atoms with Crippen molar-refractivity contribution in [1.29, 1.82) is 0 Å². The second-order valence-electron chi connectivity index (χ2n) is 4.42.